The summed E-state index contributed by atoms with van der Waals surface area (Å²) in [5, 5.41) is 6.40. The number of fused-ring (bicyclic) bond motifs is 1. The molecule has 0 spiro atoms. The van der Waals surface area contributed by atoms with Crippen LogP contribution in [0.4, 0.5) is 0 Å². The van der Waals surface area contributed by atoms with Gasteiger partial charge in [-0.1, -0.05) is 6.92 Å². The lowest BCUT2D eigenvalue weighted by Crippen LogP contribution is -2.23. The van der Waals surface area contributed by atoms with Crippen LogP contribution in [0.3, 0.4) is 0 Å². The summed E-state index contributed by atoms with van der Waals surface area (Å²) in [6.45, 7) is 4.13. The largest absolute Gasteiger partial charge is 0.327 e. The summed E-state index contributed by atoms with van der Waals surface area (Å²) >= 11 is 1.63. The maximum absolute atomic E-state index is 6.11. The van der Waals surface area contributed by atoms with Crippen LogP contribution in [0, 0.1) is 6.92 Å². The Balaban J connectivity index is 2.12. The summed E-state index contributed by atoms with van der Waals surface area (Å²) in [5.41, 5.74) is 8.37. The monoisotopic (exact) mass is 275 g/mol. The van der Waals surface area contributed by atoms with Crippen LogP contribution in [0.1, 0.15) is 24.6 Å². The molecular formula is C13H17N5S. The van der Waals surface area contributed by atoms with Crippen LogP contribution >= 0.6 is 11.3 Å². The molecule has 0 aliphatic carbocycles. The van der Waals surface area contributed by atoms with Crippen molar-refractivity contribution in [3.05, 3.63) is 35.2 Å². The molecule has 0 fully saturated rings. The van der Waals surface area contributed by atoms with Crippen LogP contribution in [0.25, 0.3) is 10.8 Å². The molecule has 2 N–H and O–H groups in total. The third-order valence-corrected chi connectivity index (χ3v) is 4.01. The maximum Gasteiger partial charge on any atom is 0.195 e. The van der Waals surface area contributed by atoms with Gasteiger partial charge in [0.25, 0.3) is 0 Å². The van der Waals surface area contributed by atoms with E-state index in [2.05, 4.69) is 21.4 Å². The highest BCUT2D eigenvalue weighted by molar-refractivity contribution is 7.15. The first-order chi connectivity index (χ1) is 9.19. The second-order valence-electron chi connectivity index (χ2n) is 4.77. The second kappa shape index (κ2) is 4.79. The van der Waals surface area contributed by atoms with Crippen molar-refractivity contribution in [2.75, 3.05) is 0 Å². The van der Waals surface area contributed by atoms with Gasteiger partial charge < -0.3 is 5.73 Å². The van der Waals surface area contributed by atoms with E-state index in [9.17, 15) is 0 Å². The highest BCUT2D eigenvalue weighted by Gasteiger charge is 2.17. The minimum Gasteiger partial charge on any atom is -0.327 e. The topological polar surface area (TPSA) is 61.1 Å². The van der Waals surface area contributed by atoms with Gasteiger partial charge in [-0.05, 0) is 18.9 Å². The Morgan fingerprint density at radius 1 is 1.47 bits per heavy atom. The minimum absolute atomic E-state index is 0.148. The van der Waals surface area contributed by atoms with E-state index < -0.39 is 0 Å². The number of imidazole rings is 1. The summed E-state index contributed by atoms with van der Waals surface area (Å²) in [6.07, 6.45) is 7.65. The average molecular weight is 275 g/mol. The molecule has 100 valence electrons. The molecule has 0 amide bonds. The van der Waals surface area contributed by atoms with Crippen molar-refractivity contribution in [3.8, 4) is 5.82 Å². The van der Waals surface area contributed by atoms with Crippen LogP contribution in [0.15, 0.2) is 24.0 Å². The molecule has 0 aromatic carbocycles. The van der Waals surface area contributed by atoms with Crippen molar-refractivity contribution in [1.29, 1.82) is 0 Å². The van der Waals surface area contributed by atoms with E-state index in [1.807, 2.05) is 35.6 Å². The van der Waals surface area contributed by atoms with Crippen molar-refractivity contribution < 1.29 is 0 Å². The molecule has 1 atom stereocenters. The molecule has 3 heterocycles. The lowest BCUT2D eigenvalue weighted by molar-refractivity contribution is 0.629. The molecule has 0 radical (unpaired) electrons. The fourth-order valence-corrected chi connectivity index (χ4v) is 2.84. The standard InChI is InChI=1S/C13H17N5S/c1-3-10(14)6-11-12(18-8-9(2)7-15-18)16-13-17(11)4-5-19-13/h4-5,7-8,10H,3,6,14H2,1-2H3. The lowest BCUT2D eigenvalue weighted by atomic mass is 10.1. The van der Waals surface area contributed by atoms with Gasteiger partial charge in [-0.15, -0.1) is 11.3 Å². The predicted octanol–water partition coefficient (Wildman–Crippen LogP) is 2.17. The molecular weight excluding hydrogens is 258 g/mol. The van der Waals surface area contributed by atoms with Crippen LogP contribution in [0.2, 0.25) is 0 Å². The third kappa shape index (κ3) is 2.17. The summed E-state index contributed by atoms with van der Waals surface area (Å²) in [4.78, 5) is 5.66. The number of rotatable bonds is 4. The number of thiazole rings is 1. The number of nitrogens with zero attached hydrogens (tertiary/aromatic N) is 4. The SMILES string of the molecule is CCC(N)Cc1c(-n2cc(C)cn2)nc2sccn12. The number of hydrogen-bond donors (Lipinski definition) is 1. The zero-order chi connectivity index (χ0) is 13.4. The quantitative estimate of drug-likeness (QED) is 0.793. The molecule has 0 saturated carbocycles. The lowest BCUT2D eigenvalue weighted by Gasteiger charge is -2.09. The van der Waals surface area contributed by atoms with E-state index in [-0.39, 0.29) is 6.04 Å². The van der Waals surface area contributed by atoms with Gasteiger partial charge in [0, 0.05) is 30.2 Å². The Labute approximate surface area is 115 Å². The fraction of sp³-hybridized carbons (Fsp3) is 0.385. The first-order valence-corrected chi connectivity index (χ1v) is 7.28. The Morgan fingerprint density at radius 3 is 3.00 bits per heavy atom. The zero-order valence-corrected chi connectivity index (χ0v) is 11.9. The van der Waals surface area contributed by atoms with Crippen LogP contribution in [-0.2, 0) is 6.42 Å². The highest BCUT2D eigenvalue weighted by Crippen LogP contribution is 2.22. The number of aromatic nitrogens is 4. The molecule has 1 unspecified atom stereocenters. The first kappa shape index (κ1) is 12.4. The second-order valence-corrected chi connectivity index (χ2v) is 5.65. The van der Waals surface area contributed by atoms with E-state index in [1.54, 1.807) is 11.3 Å². The van der Waals surface area contributed by atoms with Crippen molar-refractivity contribution in [2.45, 2.75) is 32.7 Å². The van der Waals surface area contributed by atoms with Gasteiger partial charge in [0.15, 0.2) is 10.8 Å². The van der Waals surface area contributed by atoms with Gasteiger partial charge in [-0.25, -0.2) is 4.68 Å². The summed E-state index contributed by atoms with van der Waals surface area (Å²) in [6, 6.07) is 0.148. The normalized spacial score (nSPS) is 13.2. The van der Waals surface area contributed by atoms with Crippen LogP contribution < -0.4 is 5.73 Å². The summed E-state index contributed by atoms with van der Waals surface area (Å²) in [5.74, 6) is 0.892. The van der Waals surface area contributed by atoms with E-state index >= 15 is 0 Å². The van der Waals surface area contributed by atoms with Gasteiger partial charge >= 0.3 is 0 Å². The van der Waals surface area contributed by atoms with Crippen molar-refractivity contribution in [2.24, 2.45) is 5.73 Å². The molecule has 0 aliphatic heterocycles. The van der Waals surface area contributed by atoms with Gasteiger partial charge in [0.05, 0.1) is 11.9 Å². The first-order valence-electron chi connectivity index (χ1n) is 6.40. The molecule has 0 saturated heterocycles. The maximum atomic E-state index is 6.11. The Morgan fingerprint density at radius 2 is 2.32 bits per heavy atom. The fourth-order valence-electron chi connectivity index (χ4n) is 2.12. The molecule has 0 bridgehead atoms. The molecule has 3 aromatic heterocycles. The molecule has 0 aliphatic rings. The van der Waals surface area contributed by atoms with E-state index in [4.69, 9.17) is 5.73 Å². The summed E-state index contributed by atoms with van der Waals surface area (Å²) < 4.78 is 3.96. The highest BCUT2D eigenvalue weighted by atomic mass is 32.1. The van der Waals surface area contributed by atoms with E-state index in [0.29, 0.717) is 0 Å². The van der Waals surface area contributed by atoms with Crippen molar-refractivity contribution >= 4 is 16.3 Å². The van der Waals surface area contributed by atoms with Crippen molar-refractivity contribution in [1.82, 2.24) is 19.2 Å². The number of nitrogens with two attached hydrogens (primary N) is 1. The Bertz CT molecular complexity index is 693. The number of hydrogen-bond acceptors (Lipinski definition) is 4. The molecule has 5 nitrogen and oxygen atoms in total. The average Bonchev–Trinajstić information content (AvgIpc) is 3.06. The smallest absolute Gasteiger partial charge is 0.195 e. The van der Waals surface area contributed by atoms with Crippen LogP contribution in [0.5, 0.6) is 0 Å². The Hall–Kier alpha value is -1.66. The molecule has 6 heteroatoms. The Kier molecular flexibility index (Phi) is 3.12. The summed E-state index contributed by atoms with van der Waals surface area (Å²) in [7, 11) is 0. The van der Waals surface area contributed by atoms with E-state index in [1.165, 1.54) is 0 Å². The molecule has 3 rings (SSSR count). The van der Waals surface area contributed by atoms with E-state index in [0.717, 1.165) is 34.9 Å². The zero-order valence-electron chi connectivity index (χ0n) is 11.1. The van der Waals surface area contributed by atoms with Gasteiger partial charge in [-0.2, -0.15) is 10.1 Å². The number of aryl methyl sites for hydroxylation is 1. The van der Waals surface area contributed by atoms with Crippen LogP contribution in [-0.4, -0.2) is 25.2 Å². The van der Waals surface area contributed by atoms with Gasteiger partial charge in [0.2, 0.25) is 0 Å². The van der Waals surface area contributed by atoms with Gasteiger partial charge in [0.1, 0.15) is 0 Å². The minimum atomic E-state index is 0.148. The molecule has 3 aromatic rings. The van der Waals surface area contributed by atoms with Gasteiger partial charge in [-0.3, -0.25) is 4.40 Å². The molecule has 19 heavy (non-hydrogen) atoms. The third-order valence-electron chi connectivity index (χ3n) is 3.25. The van der Waals surface area contributed by atoms with Crippen molar-refractivity contribution in [3.63, 3.8) is 0 Å². The predicted molar refractivity (Wildman–Crippen MR) is 76.9 cm³/mol.